The number of hydrogen-bond acceptors (Lipinski definition) is 3. The van der Waals surface area contributed by atoms with Crippen molar-refractivity contribution in [1.29, 1.82) is 0 Å². The van der Waals surface area contributed by atoms with E-state index in [1.165, 1.54) is 19.3 Å². The van der Waals surface area contributed by atoms with Gasteiger partial charge in [-0.15, -0.1) is 0 Å². The molecule has 3 nitrogen and oxygen atoms in total. The van der Waals surface area contributed by atoms with Crippen molar-refractivity contribution in [2.75, 3.05) is 13.7 Å². The molecule has 100 valence electrons. The molecule has 0 saturated carbocycles. The average molecular weight is 249 g/mol. The zero-order valence-electron chi connectivity index (χ0n) is 11.3. The van der Waals surface area contributed by atoms with Crippen LogP contribution in [0.5, 0.6) is 5.75 Å². The van der Waals surface area contributed by atoms with Crippen molar-refractivity contribution < 1.29 is 9.84 Å². The van der Waals surface area contributed by atoms with Gasteiger partial charge in [0.05, 0.1) is 7.11 Å². The molecule has 2 rings (SSSR count). The lowest BCUT2D eigenvalue weighted by molar-refractivity contribution is 0.0134. The Bertz CT molecular complexity index is 382. The number of aliphatic hydroxyl groups is 1. The Morgan fingerprint density at radius 3 is 2.94 bits per heavy atom. The summed E-state index contributed by atoms with van der Waals surface area (Å²) in [5.41, 5.74) is 0.0695. The number of ether oxygens (including phenoxy) is 1. The molecule has 2 unspecified atom stereocenters. The van der Waals surface area contributed by atoms with E-state index in [1.54, 1.807) is 7.11 Å². The largest absolute Gasteiger partial charge is 0.497 e. The van der Waals surface area contributed by atoms with Crippen LogP contribution in [0.25, 0.3) is 0 Å². The Hall–Kier alpha value is -1.06. The molecule has 1 aliphatic rings. The van der Waals surface area contributed by atoms with Gasteiger partial charge in [-0.2, -0.15) is 0 Å². The molecule has 0 aliphatic carbocycles. The molecule has 0 amide bonds. The summed E-state index contributed by atoms with van der Waals surface area (Å²) in [7, 11) is 1.65. The minimum Gasteiger partial charge on any atom is -0.497 e. The minimum atomic E-state index is -0.848. The smallest absolute Gasteiger partial charge is 0.119 e. The van der Waals surface area contributed by atoms with Crippen LogP contribution in [0.4, 0.5) is 0 Å². The Morgan fingerprint density at radius 2 is 2.17 bits per heavy atom. The molecule has 1 fully saturated rings. The third-order valence-electron chi connectivity index (χ3n) is 3.89. The van der Waals surface area contributed by atoms with Gasteiger partial charge in [0.15, 0.2) is 0 Å². The highest BCUT2D eigenvalue weighted by molar-refractivity contribution is 5.33. The van der Waals surface area contributed by atoms with Gasteiger partial charge >= 0.3 is 0 Å². The van der Waals surface area contributed by atoms with Crippen LogP contribution in [-0.4, -0.2) is 24.8 Å². The van der Waals surface area contributed by atoms with Crippen molar-refractivity contribution in [3.63, 3.8) is 0 Å². The van der Waals surface area contributed by atoms with Crippen LogP contribution in [-0.2, 0) is 5.60 Å². The second-order valence-corrected chi connectivity index (χ2v) is 5.24. The van der Waals surface area contributed by atoms with Crippen molar-refractivity contribution in [3.8, 4) is 5.75 Å². The SMILES string of the molecule is COc1cccc(C(C)(O)C2CCCCCN2)c1. The summed E-state index contributed by atoms with van der Waals surface area (Å²) in [5, 5.41) is 14.3. The van der Waals surface area contributed by atoms with Gasteiger partial charge in [0.1, 0.15) is 11.4 Å². The maximum absolute atomic E-state index is 10.8. The van der Waals surface area contributed by atoms with Gasteiger partial charge in [0, 0.05) is 6.04 Å². The van der Waals surface area contributed by atoms with Gasteiger partial charge in [0.2, 0.25) is 0 Å². The summed E-state index contributed by atoms with van der Waals surface area (Å²) in [6, 6.07) is 7.84. The fourth-order valence-corrected chi connectivity index (χ4v) is 2.65. The minimum absolute atomic E-state index is 0.118. The molecule has 1 aliphatic heterocycles. The van der Waals surface area contributed by atoms with E-state index < -0.39 is 5.60 Å². The molecule has 1 aromatic rings. The van der Waals surface area contributed by atoms with Crippen LogP contribution in [0.3, 0.4) is 0 Å². The summed E-state index contributed by atoms with van der Waals surface area (Å²) in [4.78, 5) is 0. The lowest BCUT2D eigenvalue weighted by atomic mass is 9.85. The second kappa shape index (κ2) is 5.72. The van der Waals surface area contributed by atoms with E-state index in [9.17, 15) is 5.11 Å². The predicted molar refractivity (Wildman–Crippen MR) is 72.8 cm³/mol. The van der Waals surface area contributed by atoms with Crippen LogP contribution >= 0.6 is 0 Å². The van der Waals surface area contributed by atoms with Crippen molar-refractivity contribution in [2.24, 2.45) is 0 Å². The molecule has 3 heteroatoms. The van der Waals surface area contributed by atoms with Gasteiger partial charge in [0.25, 0.3) is 0 Å². The Balaban J connectivity index is 2.21. The van der Waals surface area contributed by atoms with Crippen LogP contribution in [0, 0.1) is 0 Å². The fraction of sp³-hybridized carbons (Fsp3) is 0.600. The molecule has 1 aromatic carbocycles. The van der Waals surface area contributed by atoms with E-state index in [2.05, 4.69) is 5.32 Å². The lowest BCUT2D eigenvalue weighted by Crippen LogP contribution is -2.46. The lowest BCUT2D eigenvalue weighted by Gasteiger charge is -2.33. The third kappa shape index (κ3) is 2.85. The summed E-state index contributed by atoms with van der Waals surface area (Å²) in [6.07, 6.45) is 4.64. The molecule has 0 spiro atoms. The monoisotopic (exact) mass is 249 g/mol. The quantitative estimate of drug-likeness (QED) is 0.864. The number of rotatable bonds is 3. The van der Waals surface area contributed by atoms with Gasteiger partial charge < -0.3 is 15.2 Å². The van der Waals surface area contributed by atoms with E-state index in [0.717, 1.165) is 24.3 Å². The summed E-state index contributed by atoms with van der Waals surface area (Å²) >= 11 is 0. The molecule has 2 N–H and O–H groups in total. The second-order valence-electron chi connectivity index (χ2n) is 5.24. The normalized spacial score (nSPS) is 24.1. The van der Waals surface area contributed by atoms with E-state index in [0.29, 0.717) is 0 Å². The average Bonchev–Trinajstić information content (AvgIpc) is 2.68. The van der Waals surface area contributed by atoms with Crippen molar-refractivity contribution in [2.45, 2.75) is 44.2 Å². The van der Waals surface area contributed by atoms with Crippen LogP contribution in [0.1, 0.15) is 38.2 Å². The number of hydrogen-bond donors (Lipinski definition) is 2. The van der Waals surface area contributed by atoms with E-state index in [-0.39, 0.29) is 6.04 Å². The van der Waals surface area contributed by atoms with Crippen molar-refractivity contribution in [1.82, 2.24) is 5.32 Å². The summed E-state index contributed by atoms with van der Waals surface area (Å²) in [5.74, 6) is 0.793. The van der Waals surface area contributed by atoms with Crippen LogP contribution in [0.15, 0.2) is 24.3 Å². The maximum Gasteiger partial charge on any atom is 0.119 e. The molecule has 1 saturated heterocycles. The zero-order chi connectivity index (χ0) is 13.0. The molecule has 0 bridgehead atoms. The first-order chi connectivity index (χ1) is 8.64. The topological polar surface area (TPSA) is 41.5 Å². The summed E-state index contributed by atoms with van der Waals surface area (Å²) in [6.45, 7) is 2.88. The number of benzene rings is 1. The number of methoxy groups -OCH3 is 1. The first-order valence-electron chi connectivity index (χ1n) is 6.75. The van der Waals surface area contributed by atoms with Crippen LogP contribution in [0.2, 0.25) is 0 Å². The van der Waals surface area contributed by atoms with E-state index in [4.69, 9.17) is 4.74 Å². The maximum atomic E-state index is 10.8. The van der Waals surface area contributed by atoms with E-state index >= 15 is 0 Å². The van der Waals surface area contributed by atoms with Gasteiger partial charge in [-0.25, -0.2) is 0 Å². The molecule has 18 heavy (non-hydrogen) atoms. The highest BCUT2D eigenvalue weighted by Gasteiger charge is 2.33. The number of nitrogens with one attached hydrogen (secondary N) is 1. The molecular formula is C15H23NO2. The Kier molecular flexibility index (Phi) is 4.25. The molecule has 0 radical (unpaired) electrons. The van der Waals surface area contributed by atoms with Gasteiger partial charge in [-0.3, -0.25) is 0 Å². The highest BCUT2D eigenvalue weighted by Crippen LogP contribution is 2.30. The molecular weight excluding hydrogens is 226 g/mol. The Morgan fingerprint density at radius 1 is 1.33 bits per heavy atom. The van der Waals surface area contributed by atoms with Gasteiger partial charge in [-0.05, 0) is 44.0 Å². The molecule has 0 aromatic heterocycles. The fourth-order valence-electron chi connectivity index (χ4n) is 2.65. The standard InChI is InChI=1S/C15H23NO2/c1-15(17,14-9-4-3-5-10-16-14)12-7-6-8-13(11-12)18-2/h6-8,11,14,16-17H,3-5,9-10H2,1-2H3. The highest BCUT2D eigenvalue weighted by atomic mass is 16.5. The third-order valence-corrected chi connectivity index (χ3v) is 3.89. The Labute approximate surface area is 109 Å². The van der Waals surface area contributed by atoms with Gasteiger partial charge in [-0.1, -0.05) is 25.0 Å². The first-order valence-corrected chi connectivity index (χ1v) is 6.75. The van der Waals surface area contributed by atoms with Crippen molar-refractivity contribution in [3.05, 3.63) is 29.8 Å². The zero-order valence-corrected chi connectivity index (χ0v) is 11.3. The van der Waals surface area contributed by atoms with Crippen molar-refractivity contribution >= 4 is 0 Å². The van der Waals surface area contributed by atoms with Crippen LogP contribution < -0.4 is 10.1 Å². The first kappa shape index (κ1) is 13.4. The van der Waals surface area contributed by atoms with E-state index in [1.807, 2.05) is 31.2 Å². The molecule has 1 heterocycles. The summed E-state index contributed by atoms with van der Waals surface area (Å²) < 4.78 is 5.23. The predicted octanol–water partition coefficient (Wildman–Crippen LogP) is 2.43. The molecule has 2 atom stereocenters.